The van der Waals surface area contributed by atoms with Gasteiger partial charge in [0, 0.05) is 25.5 Å². The Labute approximate surface area is 150 Å². The van der Waals surface area contributed by atoms with Gasteiger partial charge in [0.2, 0.25) is 5.91 Å². The van der Waals surface area contributed by atoms with Crippen LogP contribution in [-0.4, -0.2) is 41.1 Å². The molecule has 0 aliphatic heterocycles. The SMILES string of the molecule is CCOc1cc(/C=C/C(=O)N(C)Cc2nccn2C(F)F)ccc1OC. The van der Waals surface area contributed by atoms with Crippen LogP contribution in [0, 0.1) is 0 Å². The number of halogens is 2. The number of ether oxygens (including phenoxy) is 2. The van der Waals surface area contributed by atoms with Gasteiger partial charge in [-0.1, -0.05) is 6.07 Å². The molecule has 0 unspecified atom stereocenters. The molecular formula is C18H21F2N3O3. The van der Waals surface area contributed by atoms with Crippen LogP contribution in [0.2, 0.25) is 0 Å². The van der Waals surface area contributed by atoms with Gasteiger partial charge in [-0.3, -0.25) is 9.36 Å². The second kappa shape index (κ2) is 8.98. The van der Waals surface area contributed by atoms with E-state index in [1.54, 1.807) is 31.4 Å². The lowest BCUT2D eigenvalue weighted by molar-refractivity contribution is -0.125. The number of rotatable bonds is 8. The van der Waals surface area contributed by atoms with Crippen molar-refractivity contribution >= 4 is 12.0 Å². The minimum absolute atomic E-state index is 0.0205. The van der Waals surface area contributed by atoms with Crippen molar-refractivity contribution in [1.29, 1.82) is 0 Å². The number of methoxy groups -OCH3 is 1. The van der Waals surface area contributed by atoms with Crippen LogP contribution in [0.15, 0.2) is 36.7 Å². The zero-order chi connectivity index (χ0) is 19.1. The maximum Gasteiger partial charge on any atom is 0.319 e. The van der Waals surface area contributed by atoms with E-state index in [0.717, 1.165) is 10.1 Å². The van der Waals surface area contributed by atoms with Gasteiger partial charge in [0.1, 0.15) is 5.82 Å². The van der Waals surface area contributed by atoms with E-state index < -0.39 is 6.55 Å². The summed E-state index contributed by atoms with van der Waals surface area (Å²) in [6.45, 7) is -0.359. The number of aromatic nitrogens is 2. The Kier molecular flexibility index (Phi) is 6.71. The predicted molar refractivity (Wildman–Crippen MR) is 93.2 cm³/mol. The fraction of sp³-hybridized carbons (Fsp3) is 0.333. The summed E-state index contributed by atoms with van der Waals surface area (Å²) in [4.78, 5) is 17.4. The number of hydrogen-bond acceptors (Lipinski definition) is 4. The molecule has 0 aliphatic rings. The first-order chi connectivity index (χ1) is 12.5. The summed E-state index contributed by atoms with van der Waals surface area (Å²) in [5.74, 6) is 0.970. The van der Waals surface area contributed by atoms with Crippen LogP contribution < -0.4 is 9.47 Å². The molecule has 1 aromatic carbocycles. The van der Waals surface area contributed by atoms with Gasteiger partial charge in [-0.05, 0) is 30.7 Å². The van der Waals surface area contributed by atoms with Gasteiger partial charge in [0.15, 0.2) is 11.5 Å². The zero-order valence-electron chi connectivity index (χ0n) is 14.9. The molecule has 0 saturated heterocycles. The largest absolute Gasteiger partial charge is 0.493 e. The van der Waals surface area contributed by atoms with E-state index in [1.807, 2.05) is 6.92 Å². The normalized spacial score (nSPS) is 11.2. The molecule has 1 aromatic heterocycles. The van der Waals surface area contributed by atoms with Crippen molar-refractivity contribution in [3.8, 4) is 11.5 Å². The summed E-state index contributed by atoms with van der Waals surface area (Å²) in [5.41, 5.74) is 0.755. The van der Waals surface area contributed by atoms with Crippen molar-refractivity contribution in [3.05, 3.63) is 48.1 Å². The molecule has 0 bridgehead atoms. The maximum atomic E-state index is 12.8. The lowest BCUT2D eigenvalue weighted by atomic mass is 10.2. The van der Waals surface area contributed by atoms with E-state index in [4.69, 9.17) is 9.47 Å². The number of benzene rings is 1. The van der Waals surface area contributed by atoms with E-state index in [0.29, 0.717) is 18.1 Å². The van der Waals surface area contributed by atoms with Gasteiger partial charge in [-0.2, -0.15) is 8.78 Å². The van der Waals surface area contributed by atoms with Gasteiger partial charge < -0.3 is 14.4 Å². The van der Waals surface area contributed by atoms with Crippen molar-refractivity contribution in [2.75, 3.05) is 20.8 Å². The number of carbonyl (C=O) groups excluding carboxylic acids is 1. The van der Waals surface area contributed by atoms with E-state index in [2.05, 4.69) is 4.98 Å². The molecule has 1 heterocycles. The van der Waals surface area contributed by atoms with Crippen LogP contribution in [0.5, 0.6) is 11.5 Å². The first-order valence-corrected chi connectivity index (χ1v) is 8.00. The number of imidazole rings is 1. The van der Waals surface area contributed by atoms with E-state index >= 15 is 0 Å². The molecule has 0 aliphatic carbocycles. The molecule has 140 valence electrons. The minimum Gasteiger partial charge on any atom is -0.493 e. The molecular weight excluding hydrogens is 344 g/mol. The third-order valence-corrected chi connectivity index (χ3v) is 3.62. The summed E-state index contributed by atoms with van der Waals surface area (Å²) in [7, 11) is 3.08. The van der Waals surface area contributed by atoms with Crippen molar-refractivity contribution in [3.63, 3.8) is 0 Å². The standard InChI is InChI=1S/C18H21F2N3O3/c1-4-26-15-11-13(5-7-14(15)25-3)6-8-17(24)22(2)12-16-21-9-10-23(16)18(19)20/h5-11,18H,4,12H2,1-3H3/b8-6+. The Balaban J connectivity index is 2.06. The monoisotopic (exact) mass is 365 g/mol. The average Bonchev–Trinajstić information content (AvgIpc) is 3.08. The number of likely N-dealkylation sites (N-methyl/N-ethyl adjacent to an activating group) is 1. The molecule has 0 atom stereocenters. The lowest BCUT2D eigenvalue weighted by Crippen LogP contribution is -2.26. The van der Waals surface area contributed by atoms with Gasteiger partial charge in [0.05, 0.1) is 20.3 Å². The minimum atomic E-state index is -2.69. The van der Waals surface area contributed by atoms with Gasteiger partial charge in [-0.15, -0.1) is 0 Å². The Bertz CT molecular complexity index is 775. The molecule has 8 heteroatoms. The highest BCUT2D eigenvalue weighted by Crippen LogP contribution is 2.28. The van der Waals surface area contributed by atoms with Crippen molar-refractivity contribution < 1.29 is 23.0 Å². The molecule has 2 rings (SSSR count). The van der Waals surface area contributed by atoms with Crippen LogP contribution in [0.25, 0.3) is 6.08 Å². The fourth-order valence-corrected chi connectivity index (χ4v) is 2.29. The number of amides is 1. The third-order valence-electron chi connectivity index (χ3n) is 3.62. The van der Waals surface area contributed by atoms with Crippen molar-refractivity contribution in [2.24, 2.45) is 0 Å². The van der Waals surface area contributed by atoms with Gasteiger partial charge >= 0.3 is 6.55 Å². The third kappa shape index (κ3) is 4.81. The molecule has 0 fully saturated rings. The Morgan fingerprint density at radius 2 is 2.15 bits per heavy atom. The molecule has 1 amide bonds. The first-order valence-electron chi connectivity index (χ1n) is 8.00. The maximum absolute atomic E-state index is 12.8. The number of hydrogen-bond donors (Lipinski definition) is 0. The average molecular weight is 365 g/mol. The lowest BCUT2D eigenvalue weighted by Gasteiger charge is -2.15. The van der Waals surface area contributed by atoms with Crippen LogP contribution in [-0.2, 0) is 11.3 Å². The Morgan fingerprint density at radius 3 is 2.81 bits per heavy atom. The first kappa shape index (κ1) is 19.4. The van der Waals surface area contributed by atoms with Crippen molar-refractivity contribution in [1.82, 2.24) is 14.5 Å². The molecule has 0 N–H and O–H groups in total. The summed E-state index contributed by atoms with van der Waals surface area (Å²) < 4.78 is 37.1. The molecule has 0 radical (unpaired) electrons. The molecule has 0 spiro atoms. The second-order valence-corrected chi connectivity index (χ2v) is 5.40. The smallest absolute Gasteiger partial charge is 0.319 e. The van der Waals surface area contributed by atoms with Crippen molar-refractivity contribution in [2.45, 2.75) is 20.0 Å². The molecule has 2 aromatic rings. The Hall–Kier alpha value is -2.90. The highest BCUT2D eigenvalue weighted by molar-refractivity contribution is 5.91. The number of nitrogens with zero attached hydrogens (tertiary/aromatic N) is 3. The quantitative estimate of drug-likeness (QED) is 0.673. The van der Waals surface area contributed by atoms with E-state index in [9.17, 15) is 13.6 Å². The van der Waals surface area contributed by atoms with Gasteiger partial charge in [-0.25, -0.2) is 4.98 Å². The molecule has 0 saturated carbocycles. The summed E-state index contributed by atoms with van der Waals surface area (Å²) >= 11 is 0. The topological polar surface area (TPSA) is 56.6 Å². The molecule has 26 heavy (non-hydrogen) atoms. The molecule has 6 nitrogen and oxygen atoms in total. The highest BCUT2D eigenvalue weighted by atomic mass is 19.3. The summed E-state index contributed by atoms with van der Waals surface area (Å²) in [5, 5.41) is 0. The van der Waals surface area contributed by atoms with Crippen LogP contribution in [0.4, 0.5) is 8.78 Å². The summed E-state index contributed by atoms with van der Waals surface area (Å²) in [6.07, 6.45) is 5.45. The zero-order valence-corrected chi connectivity index (χ0v) is 14.9. The number of carbonyl (C=O) groups is 1. The van der Waals surface area contributed by atoms with E-state index in [1.165, 1.54) is 30.4 Å². The predicted octanol–water partition coefficient (Wildman–Crippen LogP) is 3.36. The van der Waals surface area contributed by atoms with E-state index in [-0.39, 0.29) is 18.3 Å². The van der Waals surface area contributed by atoms with Gasteiger partial charge in [0.25, 0.3) is 0 Å². The van der Waals surface area contributed by atoms with Crippen LogP contribution in [0.1, 0.15) is 24.9 Å². The number of alkyl halides is 2. The fourth-order valence-electron chi connectivity index (χ4n) is 2.29. The highest BCUT2D eigenvalue weighted by Gasteiger charge is 2.15. The van der Waals surface area contributed by atoms with Crippen LogP contribution >= 0.6 is 0 Å². The Morgan fingerprint density at radius 1 is 1.38 bits per heavy atom. The second-order valence-electron chi connectivity index (χ2n) is 5.40. The van der Waals surface area contributed by atoms with Crippen LogP contribution in [0.3, 0.4) is 0 Å². The summed E-state index contributed by atoms with van der Waals surface area (Å²) in [6, 6.07) is 5.29.